The van der Waals surface area contributed by atoms with E-state index < -0.39 is 11.9 Å². The molecule has 0 spiro atoms. The number of carbonyl (C=O) groups excluding carboxylic acids is 2. The summed E-state index contributed by atoms with van der Waals surface area (Å²) in [5.74, 6) is -0.513. The van der Waals surface area contributed by atoms with Gasteiger partial charge >= 0.3 is 6.03 Å². The van der Waals surface area contributed by atoms with Crippen LogP contribution in [0.5, 0.6) is 5.75 Å². The van der Waals surface area contributed by atoms with E-state index in [9.17, 15) is 14.7 Å². The lowest BCUT2D eigenvalue weighted by molar-refractivity contribution is -0.113. The number of halogens is 2. The highest BCUT2D eigenvalue weighted by molar-refractivity contribution is 9.10. The van der Waals surface area contributed by atoms with Gasteiger partial charge < -0.3 is 10.4 Å². The van der Waals surface area contributed by atoms with Crippen LogP contribution in [0.15, 0.2) is 52.6 Å². The summed E-state index contributed by atoms with van der Waals surface area (Å²) >= 11 is 9.19. The van der Waals surface area contributed by atoms with Crippen molar-refractivity contribution in [1.29, 1.82) is 0 Å². The lowest BCUT2D eigenvalue weighted by Gasteiger charge is -2.11. The average molecular weight is 394 g/mol. The number of urea groups is 1. The van der Waals surface area contributed by atoms with Gasteiger partial charge in [0.25, 0.3) is 5.91 Å². The zero-order valence-electron chi connectivity index (χ0n) is 11.6. The van der Waals surface area contributed by atoms with Crippen LogP contribution >= 0.6 is 27.5 Å². The summed E-state index contributed by atoms with van der Waals surface area (Å²) in [5.41, 5.74) is 0.862. The second-order valence-electron chi connectivity index (χ2n) is 4.81. The van der Waals surface area contributed by atoms with Crippen molar-refractivity contribution in [3.05, 3.63) is 63.2 Å². The van der Waals surface area contributed by atoms with Crippen molar-refractivity contribution in [2.75, 3.05) is 4.90 Å². The summed E-state index contributed by atoms with van der Waals surface area (Å²) in [4.78, 5) is 25.5. The van der Waals surface area contributed by atoms with Crippen molar-refractivity contribution in [2.24, 2.45) is 0 Å². The van der Waals surface area contributed by atoms with Crippen LogP contribution in [-0.2, 0) is 4.79 Å². The van der Waals surface area contributed by atoms with Crippen LogP contribution in [0, 0.1) is 0 Å². The van der Waals surface area contributed by atoms with Gasteiger partial charge in [-0.15, -0.1) is 0 Å². The summed E-state index contributed by atoms with van der Waals surface area (Å²) in [7, 11) is 0. The molecular weight excluding hydrogens is 384 g/mol. The van der Waals surface area contributed by atoms with Crippen LogP contribution in [-0.4, -0.2) is 17.0 Å². The summed E-state index contributed by atoms with van der Waals surface area (Å²) in [6.45, 7) is 0. The van der Waals surface area contributed by atoms with E-state index in [1.807, 2.05) is 0 Å². The molecule has 0 unspecified atom stereocenters. The van der Waals surface area contributed by atoms with E-state index in [2.05, 4.69) is 21.2 Å². The molecule has 1 fully saturated rings. The Kier molecular flexibility index (Phi) is 4.11. The normalized spacial score (nSPS) is 16.1. The Bertz CT molecular complexity index is 851. The number of benzene rings is 2. The Balaban J connectivity index is 1.98. The van der Waals surface area contributed by atoms with Crippen molar-refractivity contribution in [2.45, 2.75) is 0 Å². The minimum atomic E-state index is -0.571. The molecule has 1 aliphatic heterocycles. The van der Waals surface area contributed by atoms with E-state index in [0.29, 0.717) is 16.3 Å². The Labute approximate surface area is 145 Å². The minimum Gasteiger partial charge on any atom is -0.507 e. The van der Waals surface area contributed by atoms with E-state index in [-0.39, 0.29) is 11.4 Å². The lowest BCUT2D eigenvalue weighted by atomic mass is 10.1. The fourth-order valence-electron chi connectivity index (χ4n) is 2.18. The molecule has 0 radical (unpaired) electrons. The molecule has 0 atom stereocenters. The third kappa shape index (κ3) is 3.09. The average Bonchev–Trinajstić information content (AvgIpc) is 2.77. The molecule has 2 aromatic carbocycles. The number of phenols is 1. The third-order valence-electron chi connectivity index (χ3n) is 3.23. The van der Waals surface area contributed by atoms with Crippen LogP contribution in [0.3, 0.4) is 0 Å². The van der Waals surface area contributed by atoms with E-state index in [1.165, 1.54) is 18.2 Å². The number of nitrogens with one attached hydrogen (secondary N) is 1. The van der Waals surface area contributed by atoms with Gasteiger partial charge in [-0.2, -0.15) is 0 Å². The number of aromatic hydroxyl groups is 1. The van der Waals surface area contributed by atoms with E-state index >= 15 is 0 Å². The van der Waals surface area contributed by atoms with Crippen LogP contribution in [0.25, 0.3) is 6.08 Å². The number of amides is 3. The second-order valence-corrected chi connectivity index (χ2v) is 6.16. The topological polar surface area (TPSA) is 69.6 Å². The largest absolute Gasteiger partial charge is 0.507 e. The Morgan fingerprint density at radius 1 is 1.17 bits per heavy atom. The molecular formula is C16H10BrClN2O3. The summed E-state index contributed by atoms with van der Waals surface area (Å²) < 4.78 is 0.741. The van der Waals surface area contributed by atoms with Gasteiger partial charge in [0, 0.05) is 15.1 Å². The van der Waals surface area contributed by atoms with Gasteiger partial charge in [0.15, 0.2) is 0 Å². The van der Waals surface area contributed by atoms with Crippen molar-refractivity contribution >= 4 is 51.2 Å². The van der Waals surface area contributed by atoms with Gasteiger partial charge in [-0.25, -0.2) is 9.69 Å². The maximum atomic E-state index is 12.5. The van der Waals surface area contributed by atoms with Crippen molar-refractivity contribution in [3.63, 3.8) is 0 Å². The quantitative estimate of drug-likeness (QED) is 0.600. The molecule has 3 rings (SSSR count). The molecule has 1 saturated heterocycles. The molecule has 3 amide bonds. The summed E-state index contributed by atoms with van der Waals surface area (Å²) in [6.07, 6.45) is 1.42. The number of phenolic OH excluding ortho intramolecular Hbond substituents is 1. The first-order valence-electron chi connectivity index (χ1n) is 6.57. The molecule has 0 aromatic heterocycles. The van der Waals surface area contributed by atoms with Gasteiger partial charge in [0.2, 0.25) is 0 Å². The standard InChI is InChI=1S/C16H10BrClN2O3/c17-10-4-5-14(21)9(6-10)7-13-15(22)20(16(23)19-13)12-3-1-2-11(18)8-12/h1-8,21H,(H,19,23)/b13-7+. The Morgan fingerprint density at radius 2 is 1.96 bits per heavy atom. The molecule has 116 valence electrons. The second kappa shape index (κ2) is 6.06. The van der Waals surface area contributed by atoms with E-state index in [0.717, 1.165) is 9.37 Å². The molecule has 0 saturated carbocycles. The zero-order valence-corrected chi connectivity index (χ0v) is 13.9. The maximum absolute atomic E-state index is 12.5. The minimum absolute atomic E-state index is 0.00366. The molecule has 0 aliphatic carbocycles. The number of carbonyl (C=O) groups is 2. The van der Waals surface area contributed by atoms with Crippen molar-refractivity contribution < 1.29 is 14.7 Å². The van der Waals surface area contributed by atoms with Crippen molar-refractivity contribution in [3.8, 4) is 5.75 Å². The number of nitrogens with zero attached hydrogens (tertiary/aromatic N) is 1. The third-order valence-corrected chi connectivity index (χ3v) is 3.96. The van der Waals surface area contributed by atoms with Crippen LogP contribution in [0.2, 0.25) is 5.02 Å². The molecule has 0 bridgehead atoms. The van der Waals surface area contributed by atoms with Gasteiger partial charge in [-0.1, -0.05) is 33.6 Å². The smallest absolute Gasteiger partial charge is 0.333 e. The summed E-state index contributed by atoms with van der Waals surface area (Å²) in [6, 6.07) is 10.7. The SMILES string of the molecule is O=C1N/C(=C/c2cc(Br)ccc2O)C(=O)N1c1cccc(Cl)c1. The first-order valence-corrected chi connectivity index (χ1v) is 7.74. The predicted octanol–water partition coefficient (Wildman–Crippen LogP) is 3.91. The lowest BCUT2D eigenvalue weighted by Crippen LogP contribution is -2.30. The molecule has 7 heteroatoms. The number of hydrogen-bond donors (Lipinski definition) is 2. The zero-order chi connectivity index (χ0) is 16.6. The van der Waals surface area contributed by atoms with Crippen LogP contribution < -0.4 is 10.2 Å². The number of hydrogen-bond acceptors (Lipinski definition) is 3. The monoisotopic (exact) mass is 392 g/mol. The number of imide groups is 1. The van der Waals surface area contributed by atoms with E-state index in [4.69, 9.17) is 11.6 Å². The molecule has 1 aliphatic rings. The maximum Gasteiger partial charge on any atom is 0.333 e. The Morgan fingerprint density at radius 3 is 2.70 bits per heavy atom. The fourth-order valence-corrected chi connectivity index (χ4v) is 2.74. The predicted molar refractivity (Wildman–Crippen MR) is 91.3 cm³/mol. The summed E-state index contributed by atoms with van der Waals surface area (Å²) in [5, 5.41) is 12.8. The van der Waals surface area contributed by atoms with E-state index in [1.54, 1.807) is 30.3 Å². The van der Waals surface area contributed by atoms with Gasteiger partial charge in [0.05, 0.1) is 5.69 Å². The number of anilines is 1. The first-order chi connectivity index (χ1) is 11.0. The van der Waals surface area contributed by atoms with Crippen molar-refractivity contribution in [1.82, 2.24) is 5.32 Å². The highest BCUT2D eigenvalue weighted by Gasteiger charge is 2.35. The molecule has 23 heavy (non-hydrogen) atoms. The molecule has 5 nitrogen and oxygen atoms in total. The highest BCUT2D eigenvalue weighted by Crippen LogP contribution is 2.28. The highest BCUT2D eigenvalue weighted by atomic mass is 79.9. The Hall–Kier alpha value is -2.31. The molecule has 1 heterocycles. The van der Waals surface area contributed by atoms with Gasteiger partial charge in [-0.3, -0.25) is 4.79 Å². The first kappa shape index (κ1) is 15.6. The number of rotatable bonds is 2. The molecule has 2 aromatic rings. The van der Waals surface area contributed by atoms with Gasteiger partial charge in [0.1, 0.15) is 11.4 Å². The van der Waals surface area contributed by atoms with Crippen LogP contribution in [0.4, 0.5) is 10.5 Å². The molecule has 2 N–H and O–H groups in total. The fraction of sp³-hybridized carbons (Fsp3) is 0. The van der Waals surface area contributed by atoms with Crippen LogP contribution in [0.1, 0.15) is 5.56 Å². The van der Waals surface area contributed by atoms with Gasteiger partial charge in [-0.05, 0) is 42.5 Å².